The van der Waals surface area contributed by atoms with Crippen molar-refractivity contribution < 1.29 is 18.7 Å². The zero-order chi connectivity index (χ0) is 19.8. The Kier molecular flexibility index (Phi) is 4.90. The van der Waals surface area contributed by atoms with E-state index in [1.807, 2.05) is 58.9 Å². The number of benzene rings is 1. The first-order valence-electron chi connectivity index (χ1n) is 8.76. The quantitative estimate of drug-likeness (QED) is 0.750. The second-order valence-electron chi connectivity index (χ2n) is 7.69. The fraction of sp³-hybridized carbons (Fsp3) is 0.400. The Labute approximate surface area is 164 Å². The number of nitrogens with one attached hydrogen (secondary N) is 2. The third-order valence-corrected chi connectivity index (χ3v) is 4.69. The van der Waals surface area contributed by atoms with Crippen LogP contribution < -0.4 is 15.4 Å². The first kappa shape index (κ1) is 19.2. The molecule has 144 valence electrons. The van der Waals surface area contributed by atoms with Gasteiger partial charge in [0.05, 0.1) is 12.0 Å². The molecule has 0 spiro atoms. The van der Waals surface area contributed by atoms with Crippen molar-refractivity contribution in [1.82, 2.24) is 5.32 Å². The lowest BCUT2D eigenvalue weighted by atomic mass is 9.88. The van der Waals surface area contributed by atoms with Crippen molar-refractivity contribution in [3.63, 3.8) is 0 Å². The van der Waals surface area contributed by atoms with Gasteiger partial charge in [0.15, 0.2) is 0 Å². The van der Waals surface area contributed by atoms with Crippen LogP contribution in [-0.2, 0) is 10.3 Å². The van der Waals surface area contributed by atoms with Gasteiger partial charge in [-0.25, -0.2) is 4.79 Å². The molecule has 0 bridgehead atoms. The molecule has 1 aromatic heterocycles. The first-order chi connectivity index (χ1) is 12.6. The first-order valence-corrected chi connectivity index (χ1v) is 9.16. The molecule has 0 saturated heterocycles. The molecule has 2 N–H and O–H groups in total. The van der Waals surface area contributed by atoms with Crippen LogP contribution in [0.15, 0.2) is 41.0 Å². The number of thiocarbonyl (C=S) groups is 1. The highest BCUT2D eigenvalue weighted by molar-refractivity contribution is 7.80. The van der Waals surface area contributed by atoms with Gasteiger partial charge in [-0.3, -0.25) is 0 Å². The van der Waals surface area contributed by atoms with Gasteiger partial charge in [-0.1, -0.05) is 18.3 Å². The second-order valence-corrected chi connectivity index (χ2v) is 8.13. The van der Waals surface area contributed by atoms with E-state index in [2.05, 4.69) is 10.6 Å². The summed E-state index contributed by atoms with van der Waals surface area (Å²) in [5, 5.41) is 6.13. The van der Waals surface area contributed by atoms with E-state index < -0.39 is 17.2 Å². The van der Waals surface area contributed by atoms with Crippen LogP contribution in [0.2, 0.25) is 0 Å². The Morgan fingerprint density at radius 2 is 2.00 bits per heavy atom. The molecular formula is C20H24N2O4S. The molecule has 2 heterocycles. The predicted octanol–water partition coefficient (Wildman–Crippen LogP) is 4.59. The minimum Gasteiger partial charge on any atom is -0.481 e. The average Bonchev–Trinajstić information content (AvgIpc) is 3.08. The summed E-state index contributed by atoms with van der Waals surface area (Å²) in [6, 6.07) is 9.23. The lowest BCUT2D eigenvalue weighted by molar-refractivity contribution is 0.0469. The number of furan rings is 1. The van der Waals surface area contributed by atoms with E-state index >= 15 is 0 Å². The van der Waals surface area contributed by atoms with Crippen molar-refractivity contribution >= 4 is 29.0 Å². The SMILES string of the molecule is CC1Oc2ccc(C(C)(NC(=O)OC(C)(C)C)c3ccco3)cc2NC1=S. The van der Waals surface area contributed by atoms with Crippen molar-refractivity contribution in [3.8, 4) is 5.75 Å². The molecule has 0 radical (unpaired) electrons. The number of alkyl carbamates (subject to hydrolysis) is 1. The molecule has 0 aliphatic carbocycles. The molecule has 27 heavy (non-hydrogen) atoms. The largest absolute Gasteiger partial charge is 0.481 e. The van der Waals surface area contributed by atoms with E-state index in [0.717, 1.165) is 11.3 Å². The third-order valence-electron chi connectivity index (χ3n) is 4.25. The minimum atomic E-state index is -0.937. The smallest absolute Gasteiger partial charge is 0.408 e. The molecule has 6 nitrogen and oxygen atoms in total. The summed E-state index contributed by atoms with van der Waals surface area (Å²) in [6.07, 6.45) is 0.850. The van der Waals surface area contributed by atoms with Gasteiger partial charge < -0.3 is 24.5 Å². The van der Waals surface area contributed by atoms with E-state index in [1.165, 1.54) is 0 Å². The van der Waals surface area contributed by atoms with Crippen molar-refractivity contribution in [1.29, 1.82) is 0 Å². The van der Waals surface area contributed by atoms with Crippen LogP contribution in [0.5, 0.6) is 5.75 Å². The standard InChI is InChI=1S/C20H24N2O4S/c1-12-17(27)21-14-11-13(8-9-15(14)25-12)20(5,16-7-6-10-24-16)22-18(23)26-19(2,3)4/h6-12H,1-5H3,(H,21,27)(H,22,23). The molecule has 3 rings (SSSR count). The zero-order valence-electron chi connectivity index (χ0n) is 16.1. The normalized spacial score (nSPS) is 18.6. The number of hydrogen-bond acceptors (Lipinski definition) is 5. The number of fused-ring (bicyclic) bond motifs is 1. The molecule has 1 aromatic carbocycles. The van der Waals surface area contributed by atoms with Crippen LogP contribution in [0.25, 0.3) is 0 Å². The Balaban J connectivity index is 1.98. The van der Waals surface area contributed by atoms with Crippen LogP contribution in [0.1, 0.15) is 45.9 Å². The fourth-order valence-corrected chi connectivity index (χ4v) is 3.02. The van der Waals surface area contributed by atoms with Crippen molar-refractivity contribution in [3.05, 3.63) is 47.9 Å². The van der Waals surface area contributed by atoms with Crippen LogP contribution in [-0.4, -0.2) is 22.8 Å². The highest BCUT2D eigenvalue weighted by atomic mass is 32.1. The second kappa shape index (κ2) is 6.88. The average molecular weight is 388 g/mol. The molecule has 1 aliphatic rings. The summed E-state index contributed by atoms with van der Waals surface area (Å²) in [5.74, 6) is 1.29. The molecule has 1 aliphatic heterocycles. The maximum atomic E-state index is 12.5. The number of carbonyl (C=O) groups is 1. The van der Waals surface area contributed by atoms with Gasteiger partial charge in [-0.05, 0) is 64.4 Å². The maximum absolute atomic E-state index is 12.5. The molecule has 7 heteroatoms. The minimum absolute atomic E-state index is 0.185. The van der Waals surface area contributed by atoms with E-state index in [1.54, 1.807) is 12.3 Å². The number of ether oxygens (including phenoxy) is 2. The third kappa shape index (κ3) is 4.08. The number of amides is 1. The van der Waals surface area contributed by atoms with Gasteiger partial charge in [0.1, 0.15) is 33.7 Å². The van der Waals surface area contributed by atoms with Gasteiger partial charge >= 0.3 is 6.09 Å². The zero-order valence-corrected chi connectivity index (χ0v) is 16.9. The van der Waals surface area contributed by atoms with Crippen molar-refractivity contribution in [2.75, 3.05) is 5.32 Å². The lowest BCUT2D eigenvalue weighted by Crippen LogP contribution is -2.46. The van der Waals surface area contributed by atoms with Crippen LogP contribution in [0, 0.1) is 0 Å². The summed E-state index contributed by atoms with van der Waals surface area (Å²) in [5.41, 5.74) is 0.00415. The fourth-order valence-electron chi connectivity index (χ4n) is 2.87. The van der Waals surface area contributed by atoms with Gasteiger partial charge in [0.2, 0.25) is 0 Å². The van der Waals surface area contributed by atoms with Crippen LogP contribution in [0.4, 0.5) is 10.5 Å². The molecule has 2 unspecified atom stereocenters. The van der Waals surface area contributed by atoms with Crippen molar-refractivity contribution in [2.24, 2.45) is 0 Å². The number of hydrogen-bond donors (Lipinski definition) is 2. The number of carbonyl (C=O) groups excluding carboxylic acids is 1. The van der Waals surface area contributed by atoms with Gasteiger partial charge in [-0.15, -0.1) is 0 Å². The highest BCUT2D eigenvalue weighted by Crippen LogP contribution is 2.37. The van der Waals surface area contributed by atoms with Gasteiger partial charge in [0, 0.05) is 0 Å². The Bertz CT molecular complexity index is 857. The molecule has 0 fully saturated rings. The topological polar surface area (TPSA) is 72.7 Å². The molecule has 2 atom stereocenters. The number of rotatable bonds is 3. The maximum Gasteiger partial charge on any atom is 0.408 e. The predicted molar refractivity (Wildman–Crippen MR) is 107 cm³/mol. The Hall–Kier alpha value is -2.54. The number of anilines is 1. The summed E-state index contributed by atoms with van der Waals surface area (Å²) in [6.45, 7) is 9.21. The van der Waals surface area contributed by atoms with Crippen LogP contribution in [0.3, 0.4) is 0 Å². The van der Waals surface area contributed by atoms with Crippen LogP contribution >= 0.6 is 12.2 Å². The molecular weight excluding hydrogens is 364 g/mol. The Morgan fingerprint density at radius 1 is 1.26 bits per heavy atom. The Morgan fingerprint density at radius 3 is 2.63 bits per heavy atom. The van der Waals surface area contributed by atoms with Gasteiger partial charge in [-0.2, -0.15) is 0 Å². The lowest BCUT2D eigenvalue weighted by Gasteiger charge is -2.32. The van der Waals surface area contributed by atoms with E-state index in [9.17, 15) is 4.79 Å². The summed E-state index contributed by atoms with van der Waals surface area (Å²) >= 11 is 5.31. The highest BCUT2D eigenvalue weighted by Gasteiger charge is 2.36. The van der Waals surface area contributed by atoms with E-state index in [-0.39, 0.29) is 6.10 Å². The summed E-state index contributed by atoms with van der Waals surface area (Å²) in [4.78, 5) is 13.1. The molecule has 0 saturated carbocycles. The summed E-state index contributed by atoms with van der Waals surface area (Å²) < 4.78 is 16.9. The van der Waals surface area contributed by atoms with Gasteiger partial charge in [0.25, 0.3) is 0 Å². The van der Waals surface area contributed by atoms with E-state index in [4.69, 9.17) is 26.1 Å². The monoisotopic (exact) mass is 388 g/mol. The van der Waals surface area contributed by atoms with E-state index in [0.29, 0.717) is 16.5 Å². The molecule has 2 aromatic rings. The molecule has 1 amide bonds. The van der Waals surface area contributed by atoms with Crippen molar-refractivity contribution in [2.45, 2.75) is 51.9 Å². The summed E-state index contributed by atoms with van der Waals surface area (Å²) in [7, 11) is 0.